The van der Waals surface area contributed by atoms with E-state index in [1.807, 2.05) is 30.0 Å². The number of benzene rings is 1. The smallest absolute Gasteiger partial charge is 0.0617 e. The van der Waals surface area contributed by atoms with E-state index < -0.39 is 10.8 Å². The molecule has 0 aliphatic heterocycles. The molecule has 15 heavy (non-hydrogen) atoms. The molecule has 0 saturated carbocycles. The monoisotopic (exact) mass is 243 g/mol. The molecule has 2 nitrogen and oxygen atoms in total. The maximum atomic E-state index is 11.9. The summed E-state index contributed by atoms with van der Waals surface area (Å²) >= 11 is 1.88. The lowest BCUT2D eigenvalue weighted by Gasteiger charge is -2.04. The molecule has 1 atom stereocenters. The molecule has 0 fully saturated rings. The zero-order chi connectivity index (χ0) is 11.1. The number of nitrogen functional groups attached to an aromatic ring is 1. The molecule has 0 aliphatic rings. The van der Waals surface area contributed by atoms with E-state index in [-0.39, 0.29) is 0 Å². The van der Waals surface area contributed by atoms with Crippen LogP contribution in [-0.4, -0.2) is 21.5 Å². The number of rotatable bonds is 6. The molecule has 0 bridgehead atoms. The van der Waals surface area contributed by atoms with Crippen LogP contribution in [0.25, 0.3) is 0 Å². The first-order chi connectivity index (χ1) is 7.25. The van der Waals surface area contributed by atoms with Crippen LogP contribution >= 0.6 is 11.8 Å². The Labute approximate surface area is 98.1 Å². The van der Waals surface area contributed by atoms with Crippen molar-refractivity contribution in [1.82, 2.24) is 0 Å². The maximum absolute atomic E-state index is 11.9. The van der Waals surface area contributed by atoms with E-state index in [9.17, 15) is 4.21 Å². The average Bonchev–Trinajstić information content (AvgIpc) is 2.25. The lowest BCUT2D eigenvalue weighted by Crippen LogP contribution is -2.02. The van der Waals surface area contributed by atoms with Crippen LogP contribution in [0.15, 0.2) is 29.2 Å². The van der Waals surface area contributed by atoms with Gasteiger partial charge in [-0.3, -0.25) is 4.21 Å². The molecule has 0 aliphatic carbocycles. The van der Waals surface area contributed by atoms with Gasteiger partial charge < -0.3 is 5.73 Å². The molecule has 4 heteroatoms. The van der Waals surface area contributed by atoms with Crippen LogP contribution in [-0.2, 0) is 10.8 Å². The Morgan fingerprint density at radius 2 is 2.13 bits per heavy atom. The van der Waals surface area contributed by atoms with E-state index in [1.54, 1.807) is 6.07 Å². The average molecular weight is 243 g/mol. The highest BCUT2D eigenvalue weighted by Gasteiger charge is 2.06. The van der Waals surface area contributed by atoms with Gasteiger partial charge in [-0.1, -0.05) is 19.1 Å². The third-order valence-electron chi connectivity index (χ3n) is 1.99. The Morgan fingerprint density at radius 1 is 1.40 bits per heavy atom. The zero-order valence-corrected chi connectivity index (χ0v) is 10.6. The first-order valence-corrected chi connectivity index (χ1v) is 7.53. The number of hydrogen-bond donors (Lipinski definition) is 1. The lowest BCUT2D eigenvalue weighted by molar-refractivity contribution is 0.682. The van der Waals surface area contributed by atoms with Crippen molar-refractivity contribution in [2.24, 2.45) is 0 Å². The van der Waals surface area contributed by atoms with Crippen molar-refractivity contribution >= 4 is 28.2 Å². The Balaban J connectivity index is 2.44. The minimum Gasteiger partial charge on any atom is -0.398 e. The number of nitrogens with two attached hydrogens (primary N) is 1. The van der Waals surface area contributed by atoms with Gasteiger partial charge in [0, 0.05) is 11.4 Å². The lowest BCUT2D eigenvalue weighted by atomic mass is 10.3. The largest absolute Gasteiger partial charge is 0.398 e. The fraction of sp³-hybridized carbons (Fsp3) is 0.455. The first kappa shape index (κ1) is 12.6. The van der Waals surface area contributed by atoms with Crippen molar-refractivity contribution in [3.05, 3.63) is 24.3 Å². The SMILES string of the molecule is CCSCCCS(=O)c1ccccc1N. The second-order valence-electron chi connectivity index (χ2n) is 3.14. The van der Waals surface area contributed by atoms with Crippen molar-refractivity contribution in [1.29, 1.82) is 0 Å². The van der Waals surface area contributed by atoms with Gasteiger partial charge in [-0.05, 0) is 30.1 Å². The van der Waals surface area contributed by atoms with Crippen molar-refractivity contribution in [3.8, 4) is 0 Å². The molecule has 0 aromatic heterocycles. The van der Waals surface area contributed by atoms with Gasteiger partial charge in [-0.2, -0.15) is 11.8 Å². The van der Waals surface area contributed by atoms with Gasteiger partial charge in [-0.25, -0.2) is 0 Å². The van der Waals surface area contributed by atoms with Crippen LogP contribution in [0.4, 0.5) is 5.69 Å². The van der Waals surface area contributed by atoms with Crippen LogP contribution in [0.3, 0.4) is 0 Å². The van der Waals surface area contributed by atoms with E-state index >= 15 is 0 Å². The predicted molar refractivity (Wildman–Crippen MR) is 69.7 cm³/mol. The van der Waals surface area contributed by atoms with Gasteiger partial charge in [0.2, 0.25) is 0 Å². The molecule has 0 amide bonds. The Kier molecular flexibility index (Phi) is 5.79. The highest BCUT2D eigenvalue weighted by atomic mass is 32.2. The summed E-state index contributed by atoms with van der Waals surface area (Å²) in [6.07, 6.45) is 0.986. The van der Waals surface area contributed by atoms with E-state index in [0.29, 0.717) is 11.4 Å². The number of thioether (sulfide) groups is 1. The number of para-hydroxylation sites is 1. The summed E-state index contributed by atoms with van der Waals surface area (Å²) in [5, 5.41) is 0. The fourth-order valence-electron chi connectivity index (χ4n) is 1.23. The van der Waals surface area contributed by atoms with Crippen LogP contribution in [0.5, 0.6) is 0 Å². The number of hydrogen-bond acceptors (Lipinski definition) is 3. The van der Waals surface area contributed by atoms with Crippen molar-refractivity contribution in [3.63, 3.8) is 0 Å². The van der Waals surface area contributed by atoms with Crippen LogP contribution in [0.1, 0.15) is 13.3 Å². The van der Waals surface area contributed by atoms with Crippen LogP contribution in [0.2, 0.25) is 0 Å². The van der Waals surface area contributed by atoms with Crippen molar-refractivity contribution < 1.29 is 4.21 Å². The van der Waals surface area contributed by atoms with E-state index in [4.69, 9.17) is 5.73 Å². The molecule has 0 heterocycles. The molecule has 1 aromatic rings. The topological polar surface area (TPSA) is 43.1 Å². The van der Waals surface area contributed by atoms with Gasteiger partial charge >= 0.3 is 0 Å². The molecule has 0 spiro atoms. The molecule has 0 saturated heterocycles. The van der Waals surface area contributed by atoms with Gasteiger partial charge in [0.05, 0.1) is 15.7 Å². The van der Waals surface area contributed by atoms with E-state index in [1.165, 1.54) is 0 Å². The predicted octanol–water partition coefficient (Wildman–Crippen LogP) is 2.52. The summed E-state index contributed by atoms with van der Waals surface area (Å²) in [6.45, 7) is 2.14. The van der Waals surface area contributed by atoms with E-state index in [0.717, 1.165) is 22.8 Å². The molecule has 84 valence electrons. The second kappa shape index (κ2) is 6.90. The molecule has 0 radical (unpaired) electrons. The van der Waals surface area contributed by atoms with Gasteiger partial charge in [0.1, 0.15) is 0 Å². The Hall–Kier alpha value is -0.480. The Bertz CT molecular complexity index is 328. The van der Waals surface area contributed by atoms with Gasteiger partial charge in [0.25, 0.3) is 0 Å². The number of anilines is 1. The maximum Gasteiger partial charge on any atom is 0.0617 e. The zero-order valence-electron chi connectivity index (χ0n) is 8.94. The van der Waals surface area contributed by atoms with E-state index in [2.05, 4.69) is 6.92 Å². The molecule has 2 N–H and O–H groups in total. The quantitative estimate of drug-likeness (QED) is 0.617. The van der Waals surface area contributed by atoms with Crippen molar-refractivity contribution in [2.75, 3.05) is 23.0 Å². The first-order valence-electron chi connectivity index (χ1n) is 5.06. The summed E-state index contributed by atoms with van der Waals surface area (Å²) in [5.41, 5.74) is 6.39. The molecular formula is C11H17NOS2. The highest BCUT2D eigenvalue weighted by Crippen LogP contribution is 2.16. The summed E-state index contributed by atoms with van der Waals surface area (Å²) in [4.78, 5) is 0.777. The van der Waals surface area contributed by atoms with Crippen LogP contribution in [0, 0.1) is 0 Å². The summed E-state index contributed by atoms with van der Waals surface area (Å²) in [7, 11) is -0.937. The summed E-state index contributed by atoms with van der Waals surface area (Å²) < 4.78 is 11.9. The summed E-state index contributed by atoms with van der Waals surface area (Å²) in [6, 6.07) is 7.39. The van der Waals surface area contributed by atoms with Gasteiger partial charge in [0.15, 0.2) is 0 Å². The van der Waals surface area contributed by atoms with Crippen molar-refractivity contribution in [2.45, 2.75) is 18.2 Å². The molecule has 1 unspecified atom stereocenters. The van der Waals surface area contributed by atoms with Crippen LogP contribution < -0.4 is 5.73 Å². The summed E-state index contributed by atoms with van der Waals surface area (Å²) in [5.74, 6) is 2.91. The van der Waals surface area contributed by atoms with Gasteiger partial charge in [-0.15, -0.1) is 0 Å². The third kappa shape index (κ3) is 4.26. The molecular weight excluding hydrogens is 226 g/mol. The standard InChI is InChI=1S/C11H17NOS2/c1-2-14-8-5-9-15(13)11-7-4-3-6-10(11)12/h3-4,6-7H,2,5,8-9,12H2,1H3. The Morgan fingerprint density at radius 3 is 2.80 bits per heavy atom. The second-order valence-corrected chi connectivity index (χ2v) is 6.07. The fourth-order valence-corrected chi connectivity index (χ4v) is 3.24. The highest BCUT2D eigenvalue weighted by molar-refractivity contribution is 7.99. The molecule has 1 rings (SSSR count). The molecule has 1 aromatic carbocycles. The third-order valence-corrected chi connectivity index (χ3v) is 4.49. The minimum absolute atomic E-state index is 0.638. The minimum atomic E-state index is -0.937. The normalized spacial score (nSPS) is 12.6.